The van der Waals surface area contributed by atoms with Gasteiger partial charge in [-0.3, -0.25) is 0 Å². The minimum absolute atomic E-state index is 0.173. The summed E-state index contributed by atoms with van der Waals surface area (Å²) in [7, 11) is 0. The van der Waals surface area contributed by atoms with Gasteiger partial charge in [-0.15, -0.1) is 11.3 Å². The summed E-state index contributed by atoms with van der Waals surface area (Å²) in [4.78, 5) is 2.84. The average Bonchev–Trinajstić information content (AvgIpc) is 2.94. The quantitative estimate of drug-likeness (QED) is 0.935. The Morgan fingerprint density at radius 2 is 2.05 bits per heavy atom. The van der Waals surface area contributed by atoms with E-state index in [-0.39, 0.29) is 6.04 Å². The molecule has 0 radical (unpaired) electrons. The minimum atomic E-state index is 0.173. The Kier molecular flexibility index (Phi) is 4.08. The number of fused-ring (bicyclic) bond motifs is 1. The van der Waals surface area contributed by atoms with Gasteiger partial charge in [-0.1, -0.05) is 25.1 Å². The molecule has 1 aromatic carbocycles. The fourth-order valence-corrected chi connectivity index (χ4v) is 3.78. The predicted octanol–water partition coefficient (Wildman–Crippen LogP) is 3.43. The van der Waals surface area contributed by atoms with Gasteiger partial charge in [-0.25, -0.2) is 0 Å². The van der Waals surface area contributed by atoms with Crippen LogP contribution in [-0.4, -0.2) is 12.6 Å². The summed E-state index contributed by atoms with van der Waals surface area (Å²) in [5, 5.41) is 0. The fraction of sp³-hybridized carbons (Fsp3) is 0.412. The van der Waals surface area contributed by atoms with Crippen LogP contribution < -0.4 is 10.5 Å². The third-order valence-electron chi connectivity index (χ3n) is 4.02. The lowest BCUT2D eigenvalue weighted by Crippen LogP contribution is -2.39. The van der Waals surface area contributed by atoms with E-state index in [1.54, 1.807) is 0 Å². The second-order valence-electron chi connectivity index (χ2n) is 5.47. The summed E-state index contributed by atoms with van der Waals surface area (Å²) in [6.07, 6.45) is 3.10. The lowest BCUT2D eigenvalue weighted by Gasteiger charge is -2.29. The van der Waals surface area contributed by atoms with Crippen LogP contribution in [0.1, 0.15) is 22.2 Å². The largest absolute Gasteiger partial charge is 0.493 e. The Morgan fingerprint density at radius 3 is 2.85 bits per heavy atom. The zero-order chi connectivity index (χ0) is 13.9. The van der Waals surface area contributed by atoms with E-state index in [4.69, 9.17) is 10.5 Å². The molecule has 0 saturated heterocycles. The first-order valence-electron chi connectivity index (χ1n) is 7.30. The van der Waals surface area contributed by atoms with Crippen molar-refractivity contribution in [1.29, 1.82) is 0 Å². The maximum Gasteiger partial charge on any atom is 0.122 e. The van der Waals surface area contributed by atoms with E-state index in [1.807, 2.05) is 23.5 Å². The molecule has 2 N–H and O–H groups in total. The van der Waals surface area contributed by atoms with Crippen molar-refractivity contribution < 1.29 is 4.74 Å². The zero-order valence-corrected chi connectivity index (χ0v) is 12.7. The number of para-hydroxylation sites is 1. The van der Waals surface area contributed by atoms with Gasteiger partial charge in [0, 0.05) is 21.7 Å². The number of rotatable bonds is 4. The van der Waals surface area contributed by atoms with Gasteiger partial charge in [0.2, 0.25) is 0 Å². The highest BCUT2D eigenvalue weighted by Gasteiger charge is 2.25. The summed E-state index contributed by atoms with van der Waals surface area (Å²) in [6, 6.07) is 12.9. The molecular formula is C17H21NOS. The maximum atomic E-state index is 6.41. The van der Waals surface area contributed by atoms with Crippen LogP contribution in [-0.2, 0) is 19.3 Å². The van der Waals surface area contributed by atoms with E-state index < -0.39 is 0 Å². The van der Waals surface area contributed by atoms with Crippen molar-refractivity contribution in [3.63, 3.8) is 0 Å². The van der Waals surface area contributed by atoms with Gasteiger partial charge in [-0.2, -0.15) is 0 Å². The molecule has 1 aromatic heterocycles. The molecule has 0 fully saturated rings. The van der Waals surface area contributed by atoms with Crippen molar-refractivity contribution >= 4 is 11.3 Å². The van der Waals surface area contributed by atoms with Crippen molar-refractivity contribution in [1.82, 2.24) is 0 Å². The smallest absolute Gasteiger partial charge is 0.122 e. The Labute approximate surface area is 124 Å². The predicted molar refractivity (Wildman–Crippen MR) is 84.5 cm³/mol. The summed E-state index contributed by atoms with van der Waals surface area (Å²) in [5.74, 6) is 1.44. The SMILES string of the molecule is CCc1ccc(CC(N)C2COc3ccccc3C2)s1. The summed E-state index contributed by atoms with van der Waals surface area (Å²) >= 11 is 1.89. The van der Waals surface area contributed by atoms with Gasteiger partial charge in [0.25, 0.3) is 0 Å². The number of hydrogen-bond acceptors (Lipinski definition) is 3. The Balaban J connectivity index is 1.65. The molecule has 0 spiro atoms. The molecule has 2 nitrogen and oxygen atoms in total. The number of nitrogens with two attached hydrogens (primary N) is 1. The standard InChI is InChI=1S/C17H21NOS/c1-2-14-7-8-15(20-14)10-16(18)13-9-12-5-3-4-6-17(12)19-11-13/h3-8,13,16H,2,9-11,18H2,1H3. The van der Waals surface area contributed by atoms with Crippen LogP contribution >= 0.6 is 11.3 Å². The molecule has 1 aliphatic heterocycles. The van der Waals surface area contributed by atoms with Crippen molar-refractivity contribution in [3.05, 3.63) is 51.7 Å². The van der Waals surface area contributed by atoms with E-state index in [0.717, 1.165) is 31.6 Å². The molecular weight excluding hydrogens is 266 g/mol. The van der Waals surface area contributed by atoms with Crippen molar-refractivity contribution in [2.75, 3.05) is 6.61 Å². The topological polar surface area (TPSA) is 35.2 Å². The summed E-state index contributed by atoms with van der Waals surface area (Å²) in [6.45, 7) is 2.94. The maximum absolute atomic E-state index is 6.41. The lowest BCUT2D eigenvalue weighted by atomic mass is 9.89. The first-order chi connectivity index (χ1) is 9.76. The first kappa shape index (κ1) is 13.7. The third-order valence-corrected chi connectivity index (χ3v) is 5.27. The monoisotopic (exact) mass is 287 g/mol. The molecule has 3 rings (SSSR count). The molecule has 0 saturated carbocycles. The second-order valence-corrected chi connectivity index (χ2v) is 6.73. The van der Waals surface area contributed by atoms with Crippen LogP contribution in [0.4, 0.5) is 0 Å². The Morgan fingerprint density at radius 1 is 1.25 bits per heavy atom. The number of thiophene rings is 1. The molecule has 2 unspecified atom stereocenters. The van der Waals surface area contributed by atoms with Gasteiger partial charge < -0.3 is 10.5 Å². The fourth-order valence-electron chi connectivity index (χ4n) is 2.75. The highest BCUT2D eigenvalue weighted by molar-refractivity contribution is 7.11. The second kappa shape index (κ2) is 5.98. The van der Waals surface area contributed by atoms with Gasteiger partial charge in [0.15, 0.2) is 0 Å². The number of ether oxygens (including phenoxy) is 1. The Bertz CT molecular complexity index is 578. The molecule has 106 valence electrons. The van der Waals surface area contributed by atoms with Crippen LogP contribution in [0.5, 0.6) is 5.75 Å². The lowest BCUT2D eigenvalue weighted by molar-refractivity contribution is 0.199. The van der Waals surface area contributed by atoms with Crippen molar-refractivity contribution in [2.45, 2.75) is 32.2 Å². The van der Waals surface area contributed by atoms with Crippen LogP contribution in [0.2, 0.25) is 0 Å². The van der Waals surface area contributed by atoms with Crippen LogP contribution in [0.15, 0.2) is 36.4 Å². The van der Waals surface area contributed by atoms with Gasteiger partial charge in [0.1, 0.15) is 5.75 Å². The molecule has 20 heavy (non-hydrogen) atoms. The van der Waals surface area contributed by atoms with Crippen molar-refractivity contribution in [2.24, 2.45) is 11.7 Å². The average molecular weight is 287 g/mol. The number of aryl methyl sites for hydroxylation is 1. The van der Waals surface area contributed by atoms with Gasteiger partial charge in [0.05, 0.1) is 6.61 Å². The number of hydrogen-bond donors (Lipinski definition) is 1. The van der Waals surface area contributed by atoms with E-state index in [9.17, 15) is 0 Å². The number of benzene rings is 1. The van der Waals surface area contributed by atoms with E-state index in [2.05, 4.69) is 31.2 Å². The molecule has 0 amide bonds. The summed E-state index contributed by atoms with van der Waals surface area (Å²) in [5.41, 5.74) is 7.71. The molecule has 0 bridgehead atoms. The molecule has 2 atom stereocenters. The minimum Gasteiger partial charge on any atom is -0.493 e. The molecule has 0 aliphatic carbocycles. The highest BCUT2D eigenvalue weighted by Crippen LogP contribution is 2.29. The molecule has 1 aliphatic rings. The molecule has 2 heterocycles. The van der Waals surface area contributed by atoms with Gasteiger partial charge in [-0.05, 0) is 43.0 Å². The van der Waals surface area contributed by atoms with Crippen LogP contribution in [0.25, 0.3) is 0 Å². The third kappa shape index (κ3) is 2.89. The van der Waals surface area contributed by atoms with Crippen LogP contribution in [0, 0.1) is 5.92 Å². The van der Waals surface area contributed by atoms with Gasteiger partial charge >= 0.3 is 0 Å². The normalized spacial score (nSPS) is 19.2. The molecule has 2 aromatic rings. The zero-order valence-electron chi connectivity index (χ0n) is 11.8. The Hall–Kier alpha value is -1.32. The highest BCUT2D eigenvalue weighted by atomic mass is 32.1. The van der Waals surface area contributed by atoms with Crippen LogP contribution in [0.3, 0.4) is 0 Å². The van der Waals surface area contributed by atoms with E-state index >= 15 is 0 Å². The molecule has 3 heteroatoms. The van der Waals surface area contributed by atoms with Crippen molar-refractivity contribution in [3.8, 4) is 5.75 Å². The summed E-state index contributed by atoms with van der Waals surface area (Å²) < 4.78 is 5.84. The van der Waals surface area contributed by atoms with E-state index in [1.165, 1.54) is 15.3 Å². The van der Waals surface area contributed by atoms with E-state index in [0.29, 0.717) is 5.92 Å². The first-order valence-corrected chi connectivity index (χ1v) is 8.11.